The van der Waals surface area contributed by atoms with Crippen molar-refractivity contribution in [3.05, 3.63) is 18.5 Å². The van der Waals surface area contributed by atoms with E-state index in [1.165, 1.54) is 6.42 Å². The monoisotopic (exact) mass is 210 g/mol. The maximum absolute atomic E-state index is 4.21. The number of nitrogens with one attached hydrogen (secondary N) is 2. The molecule has 0 fully saturated rings. The fraction of sp³-hybridized carbons (Fsp3) is 0.727. The van der Waals surface area contributed by atoms with E-state index >= 15 is 0 Å². The van der Waals surface area contributed by atoms with Gasteiger partial charge in [-0.3, -0.25) is 4.68 Å². The maximum Gasteiger partial charge on any atom is 0.0615 e. The molecule has 0 bridgehead atoms. The van der Waals surface area contributed by atoms with Gasteiger partial charge in [0.1, 0.15) is 0 Å². The quantitative estimate of drug-likeness (QED) is 0.630. The highest BCUT2D eigenvalue weighted by molar-refractivity contribution is 4.81. The molecule has 1 unspecified atom stereocenters. The lowest BCUT2D eigenvalue weighted by molar-refractivity contribution is 0.451. The van der Waals surface area contributed by atoms with Gasteiger partial charge in [0, 0.05) is 32.0 Å². The Bertz CT molecular complexity index is 233. The Morgan fingerprint density at radius 3 is 2.73 bits per heavy atom. The summed E-state index contributed by atoms with van der Waals surface area (Å²) in [5.74, 6) is 0. The molecule has 0 amide bonds. The van der Waals surface area contributed by atoms with Crippen molar-refractivity contribution in [3.63, 3.8) is 0 Å². The number of rotatable bonds is 8. The van der Waals surface area contributed by atoms with E-state index in [1.807, 2.05) is 23.1 Å². The molecule has 1 aromatic rings. The second-order valence-corrected chi connectivity index (χ2v) is 3.79. The van der Waals surface area contributed by atoms with E-state index in [0.717, 1.165) is 26.2 Å². The molecule has 0 aliphatic carbocycles. The van der Waals surface area contributed by atoms with Crippen LogP contribution in [0.1, 0.15) is 26.3 Å². The molecular formula is C11H22N4. The van der Waals surface area contributed by atoms with Gasteiger partial charge in [-0.25, -0.2) is 0 Å². The summed E-state index contributed by atoms with van der Waals surface area (Å²) in [6, 6.07) is 2.38. The Kier molecular flexibility index (Phi) is 6.04. The first-order valence-electron chi connectivity index (χ1n) is 5.75. The molecule has 0 saturated heterocycles. The summed E-state index contributed by atoms with van der Waals surface area (Å²) < 4.78 is 1.98. The molecule has 86 valence electrons. The van der Waals surface area contributed by atoms with Crippen LogP contribution in [0, 0.1) is 0 Å². The summed E-state index contributed by atoms with van der Waals surface area (Å²) >= 11 is 0. The van der Waals surface area contributed by atoms with Crippen LogP contribution in [0.4, 0.5) is 0 Å². The van der Waals surface area contributed by atoms with Crippen molar-refractivity contribution in [2.75, 3.05) is 26.2 Å². The molecule has 1 aromatic heterocycles. The van der Waals surface area contributed by atoms with Crippen molar-refractivity contribution in [1.29, 1.82) is 0 Å². The topological polar surface area (TPSA) is 41.9 Å². The molecule has 15 heavy (non-hydrogen) atoms. The summed E-state index contributed by atoms with van der Waals surface area (Å²) in [4.78, 5) is 0. The molecule has 0 radical (unpaired) electrons. The highest BCUT2D eigenvalue weighted by Gasteiger charge is 2.02. The third-order valence-electron chi connectivity index (χ3n) is 2.32. The summed E-state index contributed by atoms with van der Waals surface area (Å²) in [6.45, 7) is 8.48. The van der Waals surface area contributed by atoms with Gasteiger partial charge >= 0.3 is 0 Å². The highest BCUT2D eigenvalue weighted by atomic mass is 15.3. The van der Waals surface area contributed by atoms with E-state index in [0.29, 0.717) is 6.04 Å². The van der Waals surface area contributed by atoms with Crippen molar-refractivity contribution in [2.24, 2.45) is 0 Å². The SMILES string of the molecule is CCCNCCNCC(C)n1cccn1. The first kappa shape index (κ1) is 12.2. The second kappa shape index (κ2) is 7.43. The van der Waals surface area contributed by atoms with Crippen LogP contribution in [0.2, 0.25) is 0 Å². The molecule has 0 aliphatic heterocycles. The predicted octanol–water partition coefficient (Wildman–Crippen LogP) is 1.03. The standard InChI is InChI=1S/C11H22N4/c1-3-5-12-7-8-13-10-11(2)15-9-4-6-14-15/h4,6,9,11-13H,3,5,7-8,10H2,1-2H3. The summed E-state index contributed by atoms with van der Waals surface area (Å²) in [6.07, 6.45) is 5.02. The first-order chi connectivity index (χ1) is 7.34. The Morgan fingerprint density at radius 2 is 2.07 bits per heavy atom. The average molecular weight is 210 g/mol. The molecule has 1 atom stereocenters. The third kappa shape index (κ3) is 4.95. The molecule has 0 aromatic carbocycles. The van der Waals surface area contributed by atoms with Gasteiger partial charge in [-0.15, -0.1) is 0 Å². The van der Waals surface area contributed by atoms with Crippen LogP contribution in [0.15, 0.2) is 18.5 Å². The molecule has 4 nitrogen and oxygen atoms in total. The van der Waals surface area contributed by atoms with Crippen molar-refractivity contribution in [1.82, 2.24) is 20.4 Å². The van der Waals surface area contributed by atoms with Crippen molar-refractivity contribution < 1.29 is 0 Å². The van der Waals surface area contributed by atoms with Crippen LogP contribution in [0.5, 0.6) is 0 Å². The minimum Gasteiger partial charge on any atom is -0.315 e. The Balaban J connectivity index is 2.00. The summed E-state index contributed by atoms with van der Waals surface area (Å²) in [5, 5.41) is 11.0. The van der Waals surface area contributed by atoms with Crippen molar-refractivity contribution in [2.45, 2.75) is 26.3 Å². The maximum atomic E-state index is 4.21. The molecule has 1 heterocycles. The smallest absolute Gasteiger partial charge is 0.0615 e. The number of aromatic nitrogens is 2. The van der Waals surface area contributed by atoms with Gasteiger partial charge in [0.2, 0.25) is 0 Å². The van der Waals surface area contributed by atoms with Gasteiger partial charge in [-0.05, 0) is 26.0 Å². The lowest BCUT2D eigenvalue weighted by Gasteiger charge is -2.13. The van der Waals surface area contributed by atoms with Crippen LogP contribution in [-0.4, -0.2) is 36.0 Å². The minimum absolute atomic E-state index is 0.422. The van der Waals surface area contributed by atoms with Crippen LogP contribution in [0.3, 0.4) is 0 Å². The van der Waals surface area contributed by atoms with Gasteiger partial charge in [0.15, 0.2) is 0 Å². The zero-order valence-corrected chi connectivity index (χ0v) is 9.74. The number of hydrogen-bond acceptors (Lipinski definition) is 3. The zero-order valence-electron chi connectivity index (χ0n) is 9.74. The molecule has 1 rings (SSSR count). The van der Waals surface area contributed by atoms with Crippen molar-refractivity contribution in [3.8, 4) is 0 Å². The van der Waals surface area contributed by atoms with E-state index in [2.05, 4.69) is 29.6 Å². The van der Waals surface area contributed by atoms with Gasteiger partial charge < -0.3 is 10.6 Å². The molecule has 4 heteroatoms. The van der Waals surface area contributed by atoms with Gasteiger partial charge in [0.05, 0.1) is 6.04 Å². The Morgan fingerprint density at radius 1 is 1.27 bits per heavy atom. The summed E-state index contributed by atoms with van der Waals surface area (Å²) in [5.41, 5.74) is 0. The van der Waals surface area contributed by atoms with Gasteiger partial charge in [-0.1, -0.05) is 6.92 Å². The first-order valence-corrected chi connectivity index (χ1v) is 5.75. The minimum atomic E-state index is 0.422. The molecule has 0 saturated carbocycles. The molecule has 0 aliphatic rings. The van der Waals surface area contributed by atoms with Crippen LogP contribution >= 0.6 is 0 Å². The van der Waals surface area contributed by atoms with Crippen molar-refractivity contribution >= 4 is 0 Å². The summed E-state index contributed by atoms with van der Waals surface area (Å²) in [7, 11) is 0. The normalized spacial score (nSPS) is 12.9. The van der Waals surface area contributed by atoms with Gasteiger partial charge in [0.25, 0.3) is 0 Å². The predicted molar refractivity (Wildman–Crippen MR) is 63.0 cm³/mol. The Labute approximate surface area is 92.1 Å². The number of hydrogen-bond donors (Lipinski definition) is 2. The van der Waals surface area contributed by atoms with Crippen LogP contribution in [0.25, 0.3) is 0 Å². The fourth-order valence-electron chi connectivity index (χ4n) is 1.42. The third-order valence-corrected chi connectivity index (χ3v) is 2.32. The lowest BCUT2D eigenvalue weighted by atomic mass is 10.3. The van der Waals surface area contributed by atoms with Crippen LogP contribution in [-0.2, 0) is 0 Å². The number of nitrogens with zero attached hydrogens (tertiary/aromatic N) is 2. The van der Waals surface area contributed by atoms with Gasteiger partial charge in [-0.2, -0.15) is 5.10 Å². The molecule has 2 N–H and O–H groups in total. The van der Waals surface area contributed by atoms with E-state index in [1.54, 1.807) is 0 Å². The average Bonchev–Trinajstić information content (AvgIpc) is 2.76. The van der Waals surface area contributed by atoms with Crippen LogP contribution < -0.4 is 10.6 Å². The highest BCUT2D eigenvalue weighted by Crippen LogP contribution is 1.99. The largest absolute Gasteiger partial charge is 0.315 e. The van der Waals surface area contributed by atoms with E-state index < -0.39 is 0 Å². The van der Waals surface area contributed by atoms with E-state index in [-0.39, 0.29) is 0 Å². The van der Waals surface area contributed by atoms with E-state index in [4.69, 9.17) is 0 Å². The Hall–Kier alpha value is -0.870. The zero-order chi connectivity index (χ0) is 10.9. The lowest BCUT2D eigenvalue weighted by Crippen LogP contribution is -2.31. The van der Waals surface area contributed by atoms with E-state index in [9.17, 15) is 0 Å². The molecule has 0 spiro atoms. The second-order valence-electron chi connectivity index (χ2n) is 3.79. The molecular weight excluding hydrogens is 188 g/mol. The fourth-order valence-corrected chi connectivity index (χ4v) is 1.42.